The Hall–Kier alpha value is -1.71. The van der Waals surface area contributed by atoms with Crippen LogP contribution in [0.3, 0.4) is 0 Å². The Morgan fingerprint density at radius 3 is 2.92 bits per heavy atom. The van der Waals surface area contributed by atoms with Gasteiger partial charge >= 0.3 is 0 Å². The maximum Gasteiger partial charge on any atom is 0.0476 e. The molecule has 0 radical (unpaired) electrons. The SMILES string of the molecule is Cc1ccc2[nH]c3c(c2c1)CCCC3NCCSc1ccccc1. The van der Waals surface area contributed by atoms with Crippen LogP contribution < -0.4 is 5.32 Å². The van der Waals surface area contributed by atoms with Crippen molar-refractivity contribution in [2.75, 3.05) is 12.3 Å². The van der Waals surface area contributed by atoms with Crippen molar-refractivity contribution in [2.24, 2.45) is 0 Å². The van der Waals surface area contributed by atoms with Crippen molar-refractivity contribution in [3.63, 3.8) is 0 Å². The maximum absolute atomic E-state index is 3.77. The highest BCUT2D eigenvalue weighted by Gasteiger charge is 2.23. The van der Waals surface area contributed by atoms with Crippen LogP contribution in [0.15, 0.2) is 53.4 Å². The van der Waals surface area contributed by atoms with Crippen LogP contribution in [0.25, 0.3) is 10.9 Å². The lowest BCUT2D eigenvalue weighted by Gasteiger charge is -2.24. The lowest BCUT2D eigenvalue weighted by Crippen LogP contribution is -2.27. The predicted octanol–water partition coefficient (Wildman–Crippen LogP) is 5.24. The first-order valence-corrected chi connectivity index (χ1v) is 9.82. The van der Waals surface area contributed by atoms with E-state index >= 15 is 0 Å². The topological polar surface area (TPSA) is 27.8 Å². The van der Waals surface area contributed by atoms with E-state index in [2.05, 4.69) is 65.8 Å². The molecule has 0 aliphatic heterocycles. The molecular weight excluding hydrogens is 312 g/mol. The molecule has 0 saturated heterocycles. The van der Waals surface area contributed by atoms with Gasteiger partial charge in [0.2, 0.25) is 0 Å². The van der Waals surface area contributed by atoms with Crippen molar-refractivity contribution < 1.29 is 0 Å². The number of H-pyrrole nitrogens is 1. The number of rotatable bonds is 5. The Labute approximate surface area is 148 Å². The van der Waals surface area contributed by atoms with Crippen LogP contribution in [-0.2, 0) is 6.42 Å². The van der Waals surface area contributed by atoms with Crippen LogP contribution >= 0.6 is 11.8 Å². The average Bonchev–Trinajstić information content (AvgIpc) is 2.98. The molecule has 0 bridgehead atoms. The summed E-state index contributed by atoms with van der Waals surface area (Å²) in [7, 11) is 0. The second kappa shape index (κ2) is 7.04. The Balaban J connectivity index is 1.43. The van der Waals surface area contributed by atoms with E-state index in [1.54, 1.807) is 0 Å². The molecule has 1 aliphatic rings. The molecule has 24 heavy (non-hydrogen) atoms. The van der Waals surface area contributed by atoms with Gasteiger partial charge in [-0.3, -0.25) is 0 Å². The van der Waals surface area contributed by atoms with E-state index < -0.39 is 0 Å². The summed E-state index contributed by atoms with van der Waals surface area (Å²) in [5, 5.41) is 5.20. The predicted molar refractivity (Wildman–Crippen MR) is 104 cm³/mol. The van der Waals surface area contributed by atoms with Crippen molar-refractivity contribution in [3.05, 3.63) is 65.4 Å². The fourth-order valence-electron chi connectivity index (χ4n) is 3.70. The number of fused-ring (bicyclic) bond motifs is 3. The molecule has 3 heteroatoms. The summed E-state index contributed by atoms with van der Waals surface area (Å²) in [6.07, 6.45) is 3.71. The lowest BCUT2D eigenvalue weighted by molar-refractivity contribution is 0.466. The zero-order valence-corrected chi connectivity index (χ0v) is 15.0. The molecule has 4 rings (SSSR count). The first-order chi connectivity index (χ1) is 11.8. The maximum atomic E-state index is 3.77. The number of aromatic amines is 1. The van der Waals surface area contributed by atoms with Crippen molar-refractivity contribution in [3.8, 4) is 0 Å². The van der Waals surface area contributed by atoms with Gasteiger partial charge in [-0.25, -0.2) is 0 Å². The number of aromatic nitrogens is 1. The summed E-state index contributed by atoms with van der Waals surface area (Å²) < 4.78 is 0. The molecule has 3 aromatic rings. The zero-order valence-electron chi connectivity index (χ0n) is 14.1. The van der Waals surface area contributed by atoms with Gasteiger partial charge in [0.1, 0.15) is 0 Å². The molecule has 1 heterocycles. The van der Waals surface area contributed by atoms with Gasteiger partial charge in [0.25, 0.3) is 0 Å². The van der Waals surface area contributed by atoms with Crippen LogP contribution in [-0.4, -0.2) is 17.3 Å². The molecular formula is C21H24N2S. The van der Waals surface area contributed by atoms with Crippen molar-refractivity contribution in [1.29, 1.82) is 0 Å². The highest BCUT2D eigenvalue weighted by atomic mass is 32.2. The van der Waals surface area contributed by atoms with Crippen molar-refractivity contribution in [2.45, 2.75) is 37.1 Å². The largest absolute Gasteiger partial charge is 0.357 e. The number of benzene rings is 2. The van der Waals surface area contributed by atoms with Gasteiger partial charge in [-0.05, 0) is 56.0 Å². The molecule has 2 aromatic carbocycles. The minimum Gasteiger partial charge on any atom is -0.357 e. The van der Waals surface area contributed by atoms with E-state index in [9.17, 15) is 0 Å². The summed E-state index contributed by atoms with van der Waals surface area (Å²) in [6.45, 7) is 3.22. The normalized spacial score (nSPS) is 17.1. The van der Waals surface area contributed by atoms with Crippen LogP contribution in [0.2, 0.25) is 0 Å². The van der Waals surface area contributed by atoms with Gasteiger partial charge in [-0.15, -0.1) is 11.8 Å². The van der Waals surface area contributed by atoms with Crippen LogP contribution in [0, 0.1) is 6.92 Å². The van der Waals surface area contributed by atoms with Crippen LogP contribution in [0.4, 0.5) is 0 Å². The Morgan fingerprint density at radius 1 is 1.17 bits per heavy atom. The molecule has 2 nitrogen and oxygen atoms in total. The van der Waals surface area contributed by atoms with E-state index in [0.29, 0.717) is 6.04 Å². The second-order valence-corrected chi connectivity index (χ2v) is 7.80. The smallest absolute Gasteiger partial charge is 0.0476 e. The molecule has 0 saturated carbocycles. The van der Waals surface area contributed by atoms with Gasteiger partial charge in [0.05, 0.1) is 0 Å². The highest BCUT2D eigenvalue weighted by Crippen LogP contribution is 2.35. The first-order valence-electron chi connectivity index (χ1n) is 8.83. The van der Waals surface area contributed by atoms with Gasteiger partial charge in [-0.2, -0.15) is 0 Å². The van der Waals surface area contributed by atoms with E-state index in [0.717, 1.165) is 12.3 Å². The summed E-state index contributed by atoms with van der Waals surface area (Å²) in [5.41, 5.74) is 5.59. The Kier molecular flexibility index (Phi) is 4.63. The number of hydrogen-bond acceptors (Lipinski definition) is 2. The molecule has 1 aliphatic carbocycles. The first kappa shape index (κ1) is 15.8. The second-order valence-electron chi connectivity index (χ2n) is 6.63. The van der Waals surface area contributed by atoms with E-state index in [4.69, 9.17) is 0 Å². The molecule has 0 spiro atoms. The van der Waals surface area contributed by atoms with E-state index in [1.807, 2.05) is 11.8 Å². The molecule has 124 valence electrons. The number of nitrogens with one attached hydrogen (secondary N) is 2. The van der Waals surface area contributed by atoms with Gasteiger partial charge in [-0.1, -0.05) is 29.8 Å². The number of hydrogen-bond donors (Lipinski definition) is 2. The van der Waals surface area contributed by atoms with Crippen molar-refractivity contribution >= 4 is 22.7 Å². The van der Waals surface area contributed by atoms with Gasteiger partial charge < -0.3 is 10.3 Å². The standard InChI is InChI=1S/C21H24N2S/c1-15-10-11-19-18(14-15)17-8-5-9-20(21(17)23-19)22-12-13-24-16-6-3-2-4-7-16/h2-4,6-7,10-11,14,20,22-23H,5,8-9,12-13H2,1H3. The molecule has 2 N–H and O–H groups in total. The van der Waals surface area contributed by atoms with Gasteiger partial charge in [0.15, 0.2) is 0 Å². The number of thioether (sulfide) groups is 1. The molecule has 0 fully saturated rings. The third-order valence-electron chi connectivity index (χ3n) is 4.87. The summed E-state index contributed by atoms with van der Waals surface area (Å²) >= 11 is 1.92. The number of aryl methyl sites for hydroxylation is 2. The molecule has 1 aromatic heterocycles. The lowest BCUT2D eigenvalue weighted by atomic mass is 9.91. The third-order valence-corrected chi connectivity index (χ3v) is 5.88. The molecule has 1 unspecified atom stereocenters. The third kappa shape index (κ3) is 3.24. The summed E-state index contributed by atoms with van der Waals surface area (Å²) in [6, 6.07) is 17.9. The molecule has 1 atom stereocenters. The minimum atomic E-state index is 0.470. The summed E-state index contributed by atoms with van der Waals surface area (Å²) in [5.74, 6) is 1.11. The molecule has 0 amide bonds. The Bertz CT molecular complexity index is 822. The fourth-order valence-corrected chi connectivity index (χ4v) is 4.50. The van der Waals surface area contributed by atoms with E-state index in [1.165, 1.54) is 51.9 Å². The van der Waals surface area contributed by atoms with Crippen LogP contribution in [0.1, 0.15) is 35.7 Å². The van der Waals surface area contributed by atoms with Crippen LogP contribution in [0.5, 0.6) is 0 Å². The average molecular weight is 337 g/mol. The minimum absolute atomic E-state index is 0.470. The highest BCUT2D eigenvalue weighted by molar-refractivity contribution is 7.99. The fraction of sp³-hybridized carbons (Fsp3) is 0.333. The van der Waals surface area contributed by atoms with Gasteiger partial charge in [0, 0.05) is 39.8 Å². The quantitative estimate of drug-likeness (QED) is 0.493. The van der Waals surface area contributed by atoms with Crippen molar-refractivity contribution in [1.82, 2.24) is 10.3 Å². The summed E-state index contributed by atoms with van der Waals surface area (Å²) in [4.78, 5) is 5.03. The Morgan fingerprint density at radius 2 is 2.04 bits per heavy atom. The van der Waals surface area contributed by atoms with E-state index in [-0.39, 0.29) is 0 Å². The monoisotopic (exact) mass is 336 g/mol. The zero-order chi connectivity index (χ0) is 16.4.